The molecule has 1 atom stereocenters. The highest BCUT2D eigenvalue weighted by Gasteiger charge is 2.08. The number of anilines is 1. The Balaban J connectivity index is 2.73. The van der Waals surface area contributed by atoms with Gasteiger partial charge in [-0.3, -0.25) is 4.98 Å². The van der Waals surface area contributed by atoms with E-state index in [9.17, 15) is 0 Å². The van der Waals surface area contributed by atoms with Crippen LogP contribution in [-0.2, 0) is 4.74 Å². The maximum Gasteiger partial charge on any atom is 0.0637 e. The Labute approximate surface area is 109 Å². The van der Waals surface area contributed by atoms with E-state index in [0.717, 1.165) is 24.3 Å². The van der Waals surface area contributed by atoms with Gasteiger partial charge < -0.3 is 20.5 Å². The lowest BCUT2D eigenvalue weighted by atomic mass is 10.1. The Morgan fingerprint density at radius 3 is 2.72 bits per heavy atom. The van der Waals surface area contributed by atoms with Gasteiger partial charge in [-0.05, 0) is 18.6 Å². The van der Waals surface area contributed by atoms with Crippen LogP contribution >= 0.6 is 0 Å². The van der Waals surface area contributed by atoms with Gasteiger partial charge in [-0.15, -0.1) is 0 Å². The van der Waals surface area contributed by atoms with Crippen LogP contribution in [0.5, 0.6) is 0 Å². The average Bonchev–Trinajstić information content (AvgIpc) is 2.43. The molecule has 0 saturated heterocycles. The van der Waals surface area contributed by atoms with Crippen LogP contribution in [0.3, 0.4) is 0 Å². The van der Waals surface area contributed by atoms with Gasteiger partial charge in [0.25, 0.3) is 0 Å². The molecule has 1 rings (SSSR count). The summed E-state index contributed by atoms with van der Waals surface area (Å²) in [6, 6.07) is 3.92. The SMILES string of the molecule is CCC(N)c1ccc(N(CCO)CCOC)cn1. The first-order valence-electron chi connectivity index (χ1n) is 6.29. The van der Waals surface area contributed by atoms with Crippen molar-refractivity contribution >= 4 is 5.69 Å². The molecular weight excluding hydrogens is 230 g/mol. The quantitative estimate of drug-likeness (QED) is 0.721. The van der Waals surface area contributed by atoms with E-state index in [-0.39, 0.29) is 12.6 Å². The van der Waals surface area contributed by atoms with Crippen molar-refractivity contribution < 1.29 is 9.84 Å². The Morgan fingerprint density at radius 2 is 2.22 bits per heavy atom. The third-order valence-corrected chi connectivity index (χ3v) is 2.89. The Morgan fingerprint density at radius 1 is 1.44 bits per heavy atom. The summed E-state index contributed by atoms with van der Waals surface area (Å²) in [6.07, 6.45) is 2.67. The zero-order chi connectivity index (χ0) is 13.4. The molecule has 3 N–H and O–H groups in total. The Hall–Kier alpha value is -1.17. The van der Waals surface area contributed by atoms with Gasteiger partial charge in [-0.2, -0.15) is 0 Å². The molecule has 0 aliphatic heterocycles. The summed E-state index contributed by atoms with van der Waals surface area (Å²) in [5.74, 6) is 0. The Kier molecular flexibility index (Phi) is 6.64. The summed E-state index contributed by atoms with van der Waals surface area (Å²) in [6.45, 7) is 4.08. The second kappa shape index (κ2) is 8.02. The predicted molar refractivity (Wildman–Crippen MR) is 72.6 cm³/mol. The maximum absolute atomic E-state index is 9.06. The molecule has 1 aromatic rings. The fourth-order valence-corrected chi connectivity index (χ4v) is 1.71. The first kappa shape index (κ1) is 14.9. The molecule has 0 aliphatic carbocycles. The number of rotatable bonds is 8. The number of pyridine rings is 1. The fraction of sp³-hybridized carbons (Fsp3) is 0.615. The third kappa shape index (κ3) is 4.25. The predicted octanol–water partition coefficient (Wildman–Crippen LogP) is 0.936. The Bertz CT molecular complexity index is 330. The van der Waals surface area contributed by atoms with E-state index in [0.29, 0.717) is 13.2 Å². The minimum Gasteiger partial charge on any atom is -0.395 e. The van der Waals surface area contributed by atoms with Crippen molar-refractivity contribution in [2.45, 2.75) is 19.4 Å². The van der Waals surface area contributed by atoms with E-state index in [2.05, 4.69) is 4.98 Å². The molecular formula is C13H23N3O2. The molecule has 1 unspecified atom stereocenters. The number of aliphatic hydroxyl groups excluding tert-OH is 1. The molecule has 0 radical (unpaired) electrons. The number of hydrogen-bond acceptors (Lipinski definition) is 5. The summed E-state index contributed by atoms with van der Waals surface area (Å²) in [4.78, 5) is 6.41. The summed E-state index contributed by atoms with van der Waals surface area (Å²) < 4.78 is 5.06. The van der Waals surface area contributed by atoms with Gasteiger partial charge in [-0.25, -0.2) is 0 Å². The van der Waals surface area contributed by atoms with Gasteiger partial charge in [0.1, 0.15) is 0 Å². The van der Waals surface area contributed by atoms with Crippen molar-refractivity contribution in [3.63, 3.8) is 0 Å². The molecule has 0 spiro atoms. The highest BCUT2D eigenvalue weighted by molar-refractivity contribution is 5.44. The smallest absolute Gasteiger partial charge is 0.0637 e. The molecule has 102 valence electrons. The summed E-state index contributed by atoms with van der Waals surface area (Å²) in [5.41, 5.74) is 7.80. The van der Waals surface area contributed by atoms with E-state index < -0.39 is 0 Å². The standard InChI is InChI=1S/C13H23N3O2/c1-3-12(14)13-5-4-11(10-15-13)16(6-8-17)7-9-18-2/h4-5,10,12,17H,3,6-9,14H2,1-2H3. The molecule has 0 saturated carbocycles. The van der Waals surface area contributed by atoms with Crippen LogP contribution in [0, 0.1) is 0 Å². The van der Waals surface area contributed by atoms with Crippen molar-refractivity contribution in [3.8, 4) is 0 Å². The van der Waals surface area contributed by atoms with Crippen LogP contribution in [0.4, 0.5) is 5.69 Å². The number of hydrogen-bond donors (Lipinski definition) is 2. The van der Waals surface area contributed by atoms with Crippen LogP contribution in [0.2, 0.25) is 0 Å². The van der Waals surface area contributed by atoms with E-state index in [1.165, 1.54) is 0 Å². The molecule has 18 heavy (non-hydrogen) atoms. The van der Waals surface area contributed by atoms with Crippen LogP contribution in [-0.4, -0.2) is 43.5 Å². The largest absolute Gasteiger partial charge is 0.395 e. The minimum absolute atomic E-state index is 0.00989. The van der Waals surface area contributed by atoms with E-state index >= 15 is 0 Å². The molecule has 0 fully saturated rings. The normalized spacial score (nSPS) is 12.4. The molecule has 0 aromatic carbocycles. The monoisotopic (exact) mass is 253 g/mol. The highest BCUT2D eigenvalue weighted by atomic mass is 16.5. The van der Waals surface area contributed by atoms with Crippen LogP contribution in [0.25, 0.3) is 0 Å². The van der Waals surface area contributed by atoms with E-state index in [1.807, 2.05) is 24.0 Å². The molecule has 0 bridgehead atoms. The average molecular weight is 253 g/mol. The van der Waals surface area contributed by atoms with Crippen molar-refractivity contribution in [1.82, 2.24) is 4.98 Å². The lowest BCUT2D eigenvalue weighted by Crippen LogP contribution is -2.30. The second-order valence-electron chi connectivity index (χ2n) is 4.16. The fourth-order valence-electron chi connectivity index (χ4n) is 1.71. The number of nitrogens with two attached hydrogens (primary N) is 1. The van der Waals surface area contributed by atoms with Crippen molar-refractivity contribution in [1.29, 1.82) is 0 Å². The van der Waals surface area contributed by atoms with Gasteiger partial charge in [0, 0.05) is 26.2 Å². The van der Waals surface area contributed by atoms with Crippen molar-refractivity contribution in [2.75, 3.05) is 38.3 Å². The zero-order valence-electron chi connectivity index (χ0n) is 11.2. The van der Waals surface area contributed by atoms with Gasteiger partial charge in [0.2, 0.25) is 0 Å². The zero-order valence-corrected chi connectivity index (χ0v) is 11.2. The van der Waals surface area contributed by atoms with Crippen LogP contribution < -0.4 is 10.6 Å². The maximum atomic E-state index is 9.06. The summed E-state index contributed by atoms with van der Waals surface area (Å²) in [5, 5.41) is 9.06. The van der Waals surface area contributed by atoms with Crippen molar-refractivity contribution in [2.24, 2.45) is 5.73 Å². The third-order valence-electron chi connectivity index (χ3n) is 2.89. The molecule has 1 aromatic heterocycles. The molecule has 5 nitrogen and oxygen atoms in total. The van der Waals surface area contributed by atoms with Crippen LogP contribution in [0.15, 0.2) is 18.3 Å². The first-order valence-corrected chi connectivity index (χ1v) is 6.29. The molecule has 0 aliphatic rings. The van der Waals surface area contributed by atoms with Gasteiger partial charge in [0.15, 0.2) is 0 Å². The molecule has 1 heterocycles. The number of aromatic nitrogens is 1. The molecule has 0 amide bonds. The second-order valence-corrected chi connectivity index (χ2v) is 4.16. The number of ether oxygens (including phenoxy) is 1. The minimum atomic E-state index is -0.00989. The van der Waals surface area contributed by atoms with Gasteiger partial charge in [-0.1, -0.05) is 6.92 Å². The number of methoxy groups -OCH3 is 1. The number of aliphatic hydroxyl groups is 1. The topological polar surface area (TPSA) is 71.6 Å². The summed E-state index contributed by atoms with van der Waals surface area (Å²) >= 11 is 0. The van der Waals surface area contributed by atoms with Gasteiger partial charge in [0.05, 0.1) is 30.8 Å². The number of nitrogens with zero attached hydrogens (tertiary/aromatic N) is 2. The summed E-state index contributed by atoms with van der Waals surface area (Å²) in [7, 11) is 1.67. The van der Waals surface area contributed by atoms with Gasteiger partial charge >= 0.3 is 0 Å². The van der Waals surface area contributed by atoms with Crippen LogP contribution in [0.1, 0.15) is 25.1 Å². The van der Waals surface area contributed by atoms with Crippen molar-refractivity contribution in [3.05, 3.63) is 24.0 Å². The highest BCUT2D eigenvalue weighted by Crippen LogP contribution is 2.16. The lowest BCUT2D eigenvalue weighted by Gasteiger charge is -2.23. The first-order chi connectivity index (χ1) is 8.72. The molecule has 5 heteroatoms. The van der Waals surface area contributed by atoms with E-state index in [4.69, 9.17) is 15.6 Å². The van der Waals surface area contributed by atoms with E-state index in [1.54, 1.807) is 13.3 Å². The lowest BCUT2D eigenvalue weighted by molar-refractivity contribution is 0.203.